The van der Waals surface area contributed by atoms with E-state index in [1.807, 2.05) is 0 Å². The van der Waals surface area contributed by atoms with E-state index in [2.05, 4.69) is 6.92 Å². The molecule has 0 bridgehead atoms. The van der Waals surface area contributed by atoms with E-state index in [0.29, 0.717) is 12.5 Å². The Bertz CT molecular complexity index is 215. The van der Waals surface area contributed by atoms with Gasteiger partial charge in [0.1, 0.15) is 0 Å². The van der Waals surface area contributed by atoms with Gasteiger partial charge in [0.05, 0.1) is 5.60 Å². The molecule has 0 aromatic rings. The average Bonchev–Trinajstić information content (AvgIpc) is 3.25. The fourth-order valence-corrected chi connectivity index (χ4v) is 3.01. The maximum absolute atomic E-state index is 10.4. The zero-order valence-electron chi connectivity index (χ0n) is 13.0. The first-order valence-corrected chi connectivity index (χ1v) is 8.65. The molecule has 0 aromatic heterocycles. The molecule has 2 heteroatoms. The normalized spacial score (nSPS) is 18.5. The number of hydrogen-bond donors (Lipinski definition) is 2. The molecule has 0 radical (unpaired) electrons. The smallest absolute Gasteiger partial charge is 0.0797 e. The van der Waals surface area contributed by atoms with Crippen molar-refractivity contribution < 1.29 is 5.11 Å². The van der Waals surface area contributed by atoms with Crippen LogP contribution in [0, 0.1) is 5.92 Å². The molecule has 114 valence electrons. The van der Waals surface area contributed by atoms with Crippen LogP contribution in [0.4, 0.5) is 0 Å². The Balaban J connectivity index is 1.85. The van der Waals surface area contributed by atoms with E-state index in [0.717, 1.165) is 12.8 Å². The Hall–Kier alpha value is -0.0800. The van der Waals surface area contributed by atoms with Crippen LogP contribution in [0.15, 0.2) is 0 Å². The fraction of sp³-hybridized carbons (Fsp3) is 1.00. The standard InChI is InChI=1S/C17H35NO/c1-2-3-4-5-6-7-8-9-10-11-14-17(19,15-18)16-12-13-16/h16,19H,2-15,18H2,1H3. The second kappa shape index (κ2) is 9.77. The lowest BCUT2D eigenvalue weighted by molar-refractivity contribution is 0.0153. The Labute approximate surface area is 120 Å². The van der Waals surface area contributed by atoms with Gasteiger partial charge in [0.15, 0.2) is 0 Å². The molecule has 1 rings (SSSR count). The highest BCUT2D eigenvalue weighted by atomic mass is 16.3. The SMILES string of the molecule is CCCCCCCCCCCCC(O)(CN)C1CC1. The minimum absolute atomic E-state index is 0.453. The summed E-state index contributed by atoms with van der Waals surface area (Å²) in [6.07, 6.45) is 16.8. The quantitative estimate of drug-likeness (QED) is 0.487. The second-order valence-corrected chi connectivity index (χ2v) is 6.51. The van der Waals surface area contributed by atoms with Gasteiger partial charge >= 0.3 is 0 Å². The maximum atomic E-state index is 10.4. The Morgan fingerprint density at radius 3 is 1.79 bits per heavy atom. The van der Waals surface area contributed by atoms with E-state index < -0.39 is 5.60 Å². The van der Waals surface area contributed by atoms with Crippen LogP contribution in [0.3, 0.4) is 0 Å². The van der Waals surface area contributed by atoms with Crippen molar-refractivity contribution >= 4 is 0 Å². The van der Waals surface area contributed by atoms with Crippen LogP contribution >= 0.6 is 0 Å². The molecular weight excluding hydrogens is 234 g/mol. The predicted octanol–water partition coefficient (Wildman–Crippen LogP) is 4.40. The molecule has 1 saturated carbocycles. The lowest BCUT2D eigenvalue weighted by atomic mass is 9.91. The Morgan fingerprint density at radius 1 is 0.895 bits per heavy atom. The summed E-state index contributed by atoms with van der Waals surface area (Å²) in [5, 5.41) is 10.4. The molecule has 1 unspecified atom stereocenters. The van der Waals surface area contributed by atoms with Crippen LogP contribution in [-0.2, 0) is 0 Å². The van der Waals surface area contributed by atoms with E-state index >= 15 is 0 Å². The van der Waals surface area contributed by atoms with Crippen molar-refractivity contribution in [1.29, 1.82) is 0 Å². The summed E-state index contributed by atoms with van der Waals surface area (Å²) in [6, 6.07) is 0. The molecule has 0 spiro atoms. The zero-order chi connectivity index (χ0) is 14.0. The van der Waals surface area contributed by atoms with Crippen molar-refractivity contribution in [2.24, 2.45) is 11.7 Å². The van der Waals surface area contributed by atoms with Crippen molar-refractivity contribution in [3.63, 3.8) is 0 Å². The molecule has 0 aromatic carbocycles. The fourth-order valence-electron chi connectivity index (χ4n) is 3.01. The van der Waals surface area contributed by atoms with Crippen molar-refractivity contribution in [3.05, 3.63) is 0 Å². The first kappa shape index (κ1) is 17.0. The third-order valence-electron chi connectivity index (χ3n) is 4.65. The predicted molar refractivity (Wildman–Crippen MR) is 83.2 cm³/mol. The minimum Gasteiger partial charge on any atom is -0.388 e. The summed E-state index contributed by atoms with van der Waals surface area (Å²) in [7, 11) is 0. The monoisotopic (exact) mass is 269 g/mol. The van der Waals surface area contributed by atoms with Crippen LogP contribution in [0.2, 0.25) is 0 Å². The minimum atomic E-state index is -0.528. The highest BCUT2D eigenvalue weighted by Gasteiger charge is 2.41. The van der Waals surface area contributed by atoms with Gasteiger partial charge in [-0.15, -0.1) is 0 Å². The molecule has 0 amide bonds. The molecule has 1 fully saturated rings. The van der Waals surface area contributed by atoms with Gasteiger partial charge in [-0.25, -0.2) is 0 Å². The summed E-state index contributed by atoms with van der Waals surface area (Å²) in [4.78, 5) is 0. The summed E-state index contributed by atoms with van der Waals surface area (Å²) in [5.41, 5.74) is 5.19. The molecule has 0 aliphatic heterocycles. The number of unbranched alkanes of at least 4 members (excludes halogenated alkanes) is 9. The Morgan fingerprint density at radius 2 is 1.37 bits per heavy atom. The van der Waals surface area contributed by atoms with E-state index in [9.17, 15) is 5.11 Å². The van der Waals surface area contributed by atoms with Gasteiger partial charge in [-0.2, -0.15) is 0 Å². The summed E-state index contributed by atoms with van der Waals surface area (Å²) in [5.74, 6) is 0.510. The van der Waals surface area contributed by atoms with Gasteiger partial charge in [-0.05, 0) is 25.2 Å². The molecule has 1 atom stereocenters. The number of rotatable bonds is 13. The van der Waals surface area contributed by atoms with Gasteiger partial charge in [0.25, 0.3) is 0 Å². The van der Waals surface area contributed by atoms with Crippen LogP contribution in [0.1, 0.15) is 90.4 Å². The summed E-state index contributed by atoms with van der Waals surface area (Å²) >= 11 is 0. The van der Waals surface area contributed by atoms with Gasteiger partial charge in [-0.3, -0.25) is 0 Å². The molecule has 19 heavy (non-hydrogen) atoms. The highest BCUT2D eigenvalue weighted by molar-refractivity contribution is 4.95. The molecule has 2 nitrogen and oxygen atoms in total. The Kier molecular flexibility index (Phi) is 8.72. The molecule has 0 saturated heterocycles. The van der Waals surface area contributed by atoms with Crippen LogP contribution in [-0.4, -0.2) is 17.3 Å². The van der Waals surface area contributed by atoms with Gasteiger partial charge in [-0.1, -0.05) is 71.1 Å². The first-order valence-electron chi connectivity index (χ1n) is 8.65. The molecule has 3 N–H and O–H groups in total. The molecule has 0 heterocycles. The first-order chi connectivity index (χ1) is 9.23. The lowest BCUT2D eigenvalue weighted by Crippen LogP contribution is -2.39. The van der Waals surface area contributed by atoms with E-state index in [-0.39, 0.29) is 0 Å². The number of hydrogen-bond acceptors (Lipinski definition) is 2. The molecule has 1 aliphatic rings. The zero-order valence-corrected chi connectivity index (χ0v) is 13.0. The van der Waals surface area contributed by atoms with Crippen molar-refractivity contribution in [3.8, 4) is 0 Å². The largest absolute Gasteiger partial charge is 0.388 e. The lowest BCUT2D eigenvalue weighted by Gasteiger charge is -2.26. The van der Waals surface area contributed by atoms with Crippen LogP contribution in [0.5, 0.6) is 0 Å². The van der Waals surface area contributed by atoms with Crippen molar-refractivity contribution in [2.45, 2.75) is 96.0 Å². The maximum Gasteiger partial charge on any atom is 0.0797 e. The summed E-state index contributed by atoms with van der Waals surface area (Å²) < 4.78 is 0. The number of aliphatic hydroxyl groups is 1. The number of nitrogens with two attached hydrogens (primary N) is 1. The molecule has 1 aliphatic carbocycles. The third-order valence-corrected chi connectivity index (χ3v) is 4.65. The van der Waals surface area contributed by atoms with Gasteiger partial charge < -0.3 is 10.8 Å². The van der Waals surface area contributed by atoms with E-state index in [4.69, 9.17) is 5.73 Å². The van der Waals surface area contributed by atoms with Crippen molar-refractivity contribution in [2.75, 3.05) is 6.54 Å². The van der Waals surface area contributed by atoms with Gasteiger partial charge in [0.2, 0.25) is 0 Å². The van der Waals surface area contributed by atoms with E-state index in [1.165, 1.54) is 70.6 Å². The van der Waals surface area contributed by atoms with E-state index in [1.54, 1.807) is 0 Å². The highest BCUT2D eigenvalue weighted by Crippen LogP contribution is 2.41. The van der Waals surface area contributed by atoms with Crippen molar-refractivity contribution in [1.82, 2.24) is 0 Å². The summed E-state index contributed by atoms with van der Waals surface area (Å²) in [6.45, 7) is 2.72. The van der Waals surface area contributed by atoms with Crippen LogP contribution in [0.25, 0.3) is 0 Å². The molecular formula is C17H35NO. The second-order valence-electron chi connectivity index (χ2n) is 6.51. The van der Waals surface area contributed by atoms with Gasteiger partial charge in [0, 0.05) is 6.54 Å². The average molecular weight is 269 g/mol. The third kappa shape index (κ3) is 7.31. The topological polar surface area (TPSA) is 46.2 Å². The van der Waals surface area contributed by atoms with Crippen LogP contribution < -0.4 is 5.73 Å².